The van der Waals surface area contributed by atoms with Crippen LogP contribution < -0.4 is 4.74 Å². The fourth-order valence-electron chi connectivity index (χ4n) is 4.76. The molecule has 26 heavy (non-hydrogen) atoms. The van der Waals surface area contributed by atoms with Crippen LogP contribution in [0, 0.1) is 23.2 Å². The zero-order valence-electron chi connectivity index (χ0n) is 15.1. The van der Waals surface area contributed by atoms with E-state index in [9.17, 15) is 5.11 Å². The lowest BCUT2D eigenvalue weighted by atomic mass is 9.82. The fraction of sp³-hybridized carbons (Fsp3) is 0.409. The maximum atomic E-state index is 11.5. The predicted molar refractivity (Wildman–Crippen MR) is 99.5 cm³/mol. The zero-order valence-corrected chi connectivity index (χ0v) is 15.1. The molecule has 2 fully saturated rings. The average Bonchev–Trinajstić information content (AvgIpc) is 3.22. The Balaban J connectivity index is 1.52. The van der Waals surface area contributed by atoms with Crippen LogP contribution >= 0.6 is 0 Å². The second-order valence-electron chi connectivity index (χ2n) is 7.57. The van der Waals surface area contributed by atoms with Gasteiger partial charge in [0, 0.05) is 25.6 Å². The molecule has 2 aromatic rings. The van der Waals surface area contributed by atoms with Crippen LogP contribution in [0.2, 0.25) is 0 Å². The highest BCUT2D eigenvalue weighted by molar-refractivity contribution is 5.35. The summed E-state index contributed by atoms with van der Waals surface area (Å²) < 4.78 is 5.34. The summed E-state index contributed by atoms with van der Waals surface area (Å²) in [6.45, 7) is 2.72. The fourth-order valence-corrected chi connectivity index (χ4v) is 4.76. The summed E-state index contributed by atoms with van der Waals surface area (Å²) in [5, 5.41) is 20.6. The number of hydrogen-bond donors (Lipinski definition) is 1. The van der Waals surface area contributed by atoms with Gasteiger partial charge in [0.05, 0.1) is 24.3 Å². The molecule has 1 aliphatic carbocycles. The molecule has 0 amide bonds. The molecule has 0 bridgehead atoms. The molecule has 1 aliphatic heterocycles. The van der Waals surface area contributed by atoms with Crippen molar-refractivity contribution in [3.8, 4) is 11.8 Å². The molecule has 4 rings (SSSR count). The molecule has 4 heteroatoms. The standard InChI is InChI=1S/C22H24N2O2/c1-26-20-7-3-6-19(11-20)22(25)9-8-18-14-24(15-21(18)22)13-17-5-2-4-16(10-17)12-23/h2-7,10-11,18,21,25H,8-9,13-15H2,1H3/t18-,21-,22-/m1/s1. The van der Waals surface area contributed by atoms with Gasteiger partial charge in [-0.05, 0) is 54.2 Å². The number of rotatable bonds is 4. The number of likely N-dealkylation sites (tertiary alicyclic amines) is 1. The van der Waals surface area contributed by atoms with Crippen molar-refractivity contribution < 1.29 is 9.84 Å². The van der Waals surface area contributed by atoms with Gasteiger partial charge in [0.15, 0.2) is 0 Å². The van der Waals surface area contributed by atoms with E-state index in [1.165, 1.54) is 0 Å². The molecule has 1 heterocycles. The molecule has 134 valence electrons. The van der Waals surface area contributed by atoms with E-state index in [0.29, 0.717) is 11.5 Å². The topological polar surface area (TPSA) is 56.5 Å². The molecule has 1 saturated heterocycles. The molecular formula is C22H24N2O2. The largest absolute Gasteiger partial charge is 0.497 e. The molecule has 0 aromatic heterocycles. The minimum absolute atomic E-state index is 0.244. The average molecular weight is 348 g/mol. The predicted octanol–water partition coefficient (Wildman–Crippen LogP) is 3.30. The third-order valence-electron chi connectivity index (χ3n) is 6.06. The first-order valence-electron chi connectivity index (χ1n) is 9.20. The van der Waals surface area contributed by atoms with Crippen LogP contribution in [-0.2, 0) is 12.1 Å². The monoisotopic (exact) mass is 348 g/mol. The summed E-state index contributed by atoms with van der Waals surface area (Å²) in [5.41, 5.74) is 2.06. The highest BCUT2D eigenvalue weighted by atomic mass is 16.5. The van der Waals surface area contributed by atoms with Crippen molar-refractivity contribution in [3.05, 3.63) is 65.2 Å². The first-order chi connectivity index (χ1) is 12.6. The van der Waals surface area contributed by atoms with Gasteiger partial charge in [0.25, 0.3) is 0 Å². The van der Waals surface area contributed by atoms with E-state index in [1.807, 2.05) is 42.5 Å². The SMILES string of the molecule is COc1cccc([C@]2(O)CC[C@@H]3CN(Cc4cccc(C#N)c4)C[C@H]32)c1. The van der Waals surface area contributed by atoms with Crippen LogP contribution in [0.3, 0.4) is 0 Å². The first kappa shape index (κ1) is 17.1. The number of methoxy groups -OCH3 is 1. The van der Waals surface area contributed by atoms with Gasteiger partial charge in [0.2, 0.25) is 0 Å². The third-order valence-corrected chi connectivity index (χ3v) is 6.06. The maximum absolute atomic E-state index is 11.5. The summed E-state index contributed by atoms with van der Waals surface area (Å²) in [6.07, 6.45) is 1.86. The number of ether oxygens (including phenoxy) is 1. The second kappa shape index (κ2) is 6.75. The Bertz CT molecular complexity index is 844. The van der Waals surface area contributed by atoms with Crippen LogP contribution in [-0.4, -0.2) is 30.2 Å². The highest BCUT2D eigenvalue weighted by Gasteiger charge is 2.52. The van der Waals surface area contributed by atoms with Crippen LogP contribution in [0.4, 0.5) is 0 Å². The Morgan fingerprint density at radius 3 is 2.88 bits per heavy atom. The number of nitriles is 1. The lowest BCUT2D eigenvalue weighted by Gasteiger charge is -2.31. The maximum Gasteiger partial charge on any atom is 0.119 e. The Morgan fingerprint density at radius 2 is 2.08 bits per heavy atom. The molecule has 0 radical (unpaired) electrons. The zero-order chi connectivity index (χ0) is 18.1. The van der Waals surface area contributed by atoms with E-state index < -0.39 is 5.60 Å². The third kappa shape index (κ3) is 2.98. The smallest absolute Gasteiger partial charge is 0.119 e. The molecule has 0 unspecified atom stereocenters. The van der Waals surface area contributed by atoms with Gasteiger partial charge in [-0.15, -0.1) is 0 Å². The highest BCUT2D eigenvalue weighted by Crippen LogP contribution is 2.51. The molecule has 2 aromatic carbocycles. The van der Waals surface area contributed by atoms with Gasteiger partial charge < -0.3 is 9.84 Å². The van der Waals surface area contributed by atoms with Gasteiger partial charge in [0.1, 0.15) is 5.75 Å². The Labute approximate surface area is 154 Å². The van der Waals surface area contributed by atoms with Gasteiger partial charge >= 0.3 is 0 Å². The normalized spacial score (nSPS) is 27.9. The minimum Gasteiger partial charge on any atom is -0.497 e. The number of nitrogens with zero attached hydrogens (tertiary/aromatic N) is 2. The quantitative estimate of drug-likeness (QED) is 0.921. The van der Waals surface area contributed by atoms with Crippen LogP contribution in [0.1, 0.15) is 29.5 Å². The van der Waals surface area contributed by atoms with Crippen molar-refractivity contribution in [1.29, 1.82) is 5.26 Å². The first-order valence-corrected chi connectivity index (χ1v) is 9.20. The summed E-state index contributed by atoms with van der Waals surface area (Å²) >= 11 is 0. The van der Waals surface area contributed by atoms with Crippen LogP contribution in [0.15, 0.2) is 48.5 Å². The van der Waals surface area contributed by atoms with Gasteiger partial charge in [-0.2, -0.15) is 5.26 Å². The van der Waals surface area contributed by atoms with E-state index in [4.69, 9.17) is 10.00 Å². The lowest BCUT2D eigenvalue weighted by Crippen LogP contribution is -2.34. The number of aliphatic hydroxyl groups is 1. The van der Waals surface area contributed by atoms with Crippen molar-refractivity contribution in [3.63, 3.8) is 0 Å². The number of hydrogen-bond acceptors (Lipinski definition) is 4. The Hall–Kier alpha value is -2.35. The Morgan fingerprint density at radius 1 is 1.23 bits per heavy atom. The summed E-state index contributed by atoms with van der Waals surface area (Å²) in [4.78, 5) is 2.41. The van der Waals surface area contributed by atoms with Gasteiger partial charge in [-0.25, -0.2) is 0 Å². The minimum atomic E-state index is -0.775. The van der Waals surface area contributed by atoms with Gasteiger partial charge in [-0.1, -0.05) is 24.3 Å². The molecule has 1 N–H and O–H groups in total. The van der Waals surface area contributed by atoms with Crippen molar-refractivity contribution >= 4 is 0 Å². The van der Waals surface area contributed by atoms with E-state index in [0.717, 1.165) is 49.4 Å². The van der Waals surface area contributed by atoms with E-state index >= 15 is 0 Å². The number of fused-ring (bicyclic) bond motifs is 1. The van der Waals surface area contributed by atoms with E-state index in [2.05, 4.69) is 17.0 Å². The van der Waals surface area contributed by atoms with Gasteiger partial charge in [-0.3, -0.25) is 4.90 Å². The lowest BCUT2D eigenvalue weighted by molar-refractivity contribution is -0.00699. The van der Waals surface area contributed by atoms with E-state index in [1.54, 1.807) is 7.11 Å². The molecule has 1 saturated carbocycles. The molecular weight excluding hydrogens is 324 g/mol. The van der Waals surface area contributed by atoms with Crippen LogP contribution in [0.25, 0.3) is 0 Å². The molecule has 4 nitrogen and oxygen atoms in total. The summed E-state index contributed by atoms with van der Waals surface area (Å²) in [5.74, 6) is 1.56. The van der Waals surface area contributed by atoms with Crippen molar-refractivity contribution in [2.45, 2.75) is 25.0 Å². The Kier molecular flexibility index (Phi) is 4.44. The molecule has 2 aliphatic rings. The van der Waals surface area contributed by atoms with Crippen LogP contribution in [0.5, 0.6) is 5.75 Å². The van der Waals surface area contributed by atoms with Crippen molar-refractivity contribution in [2.75, 3.05) is 20.2 Å². The number of benzene rings is 2. The van der Waals surface area contributed by atoms with E-state index in [-0.39, 0.29) is 5.92 Å². The van der Waals surface area contributed by atoms with Crippen molar-refractivity contribution in [1.82, 2.24) is 4.90 Å². The molecule has 3 atom stereocenters. The molecule has 0 spiro atoms. The summed E-state index contributed by atoms with van der Waals surface area (Å²) in [6, 6.07) is 17.9. The van der Waals surface area contributed by atoms with Crippen molar-refractivity contribution in [2.24, 2.45) is 11.8 Å². The second-order valence-corrected chi connectivity index (χ2v) is 7.57. The summed E-state index contributed by atoms with van der Waals surface area (Å²) in [7, 11) is 1.66.